The number of carbonyl (C=O) groups excluding carboxylic acids is 2. The summed E-state index contributed by atoms with van der Waals surface area (Å²) >= 11 is 6.17. The van der Waals surface area contributed by atoms with Crippen LogP contribution in [0, 0.1) is 5.92 Å². The van der Waals surface area contributed by atoms with Gasteiger partial charge in [0.2, 0.25) is 0 Å². The van der Waals surface area contributed by atoms with Crippen molar-refractivity contribution >= 4 is 29.3 Å². The Kier molecular flexibility index (Phi) is 5.85. The lowest BCUT2D eigenvalue weighted by atomic mass is 9.93. The van der Waals surface area contributed by atoms with E-state index in [9.17, 15) is 9.59 Å². The Balaban J connectivity index is 1.58. The van der Waals surface area contributed by atoms with Crippen molar-refractivity contribution in [3.63, 3.8) is 0 Å². The molecule has 1 amide bonds. The third-order valence-corrected chi connectivity index (χ3v) is 5.52. The second-order valence-electron chi connectivity index (χ2n) is 8.88. The number of azo groups is 1. The zero-order valence-corrected chi connectivity index (χ0v) is 19.3. The van der Waals surface area contributed by atoms with Crippen LogP contribution in [0.25, 0.3) is 0 Å². The first-order valence-electron chi connectivity index (χ1n) is 10.4. The lowest BCUT2D eigenvalue weighted by molar-refractivity contribution is -0.120. The van der Waals surface area contributed by atoms with Crippen LogP contribution in [0.4, 0.5) is 10.5 Å². The highest BCUT2D eigenvalue weighted by Crippen LogP contribution is 2.37. The van der Waals surface area contributed by atoms with Gasteiger partial charge in [0, 0.05) is 37.3 Å². The highest BCUT2D eigenvalue weighted by atomic mass is 35.5. The molecule has 0 radical (unpaired) electrons. The number of nitrogens with zero attached hydrogens (tertiary/aromatic N) is 4. The summed E-state index contributed by atoms with van der Waals surface area (Å²) in [5.41, 5.74) is 3.35. The van der Waals surface area contributed by atoms with Crippen LogP contribution in [0.5, 0.6) is 5.75 Å². The van der Waals surface area contributed by atoms with Gasteiger partial charge in [-0.25, -0.2) is 4.79 Å². The van der Waals surface area contributed by atoms with E-state index in [-0.39, 0.29) is 18.4 Å². The molecule has 10 heteroatoms. The molecular weight excluding hydrogens is 434 g/mol. The Morgan fingerprint density at radius 3 is 2.75 bits per heavy atom. The van der Waals surface area contributed by atoms with Crippen LogP contribution >= 0.6 is 11.8 Å². The number of nitrogens with one attached hydrogen (secondary N) is 1. The highest BCUT2D eigenvalue weighted by Gasteiger charge is 2.34. The minimum atomic E-state index is -0.550. The van der Waals surface area contributed by atoms with E-state index in [1.165, 1.54) is 4.42 Å². The summed E-state index contributed by atoms with van der Waals surface area (Å²) in [4.78, 5) is 26.7. The summed E-state index contributed by atoms with van der Waals surface area (Å²) in [7, 11) is 1.58. The smallest absolute Gasteiger partial charge is 0.410 e. The summed E-state index contributed by atoms with van der Waals surface area (Å²) in [5, 5.41) is 11.3. The SMILES string of the molecule is COc1cc2c(cc1NC1=CN(Cl)C=C3N=NCC(=O)C31)CCN(C(=O)OC(C)(C)C)C2. The number of carbonyl (C=O) groups is 2. The van der Waals surface area contributed by atoms with Crippen molar-refractivity contribution in [1.82, 2.24) is 9.32 Å². The number of rotatable bonds is 3. The number of amides is 1. The maximum Gasteiger partial charge on any atom is 0.410 e. The molecule has 0 bridgehead atoms. The second kappa shape index (κ2) is 8.46. The lowest BCUT2D eigenvalue weighted by Gasteiger charge is -2.32. The molecule has 32 heavy (non-hydrogen) atoms. The van der Waals surface area contributed by atoms with Crippen molar-refractivity contribution in [2.45, 2.75) is 39.3 Å². The molecule has 1 aromatic carbocycles. The van der Waals surface area contributed by atoms with Crippen LogP contribution < -0.4 is 10.1 Å². The second-order valence-corrected chi connectivity index (χ2v) is 9.27. The lowest BCUT2D eigenvalue weighted by Crippen LogP contribution is -2.39. The Labute approximate surface area is 191 Å². The number of benzene rings is 1. The first-order chi connectivity index (χ1) is 15.1. The molecule has 4 rings (SSSR count). The molecule has 1 unspecified atom stereocenters. The number of halogens is 1. The van der Waals surface area contributed by atoms with Gasteiger partial charge in [0.05, 0.1) is 24.2 Å². The molecule has 3 aliphatic rings. The van der Waals surface area contributed by atoms with E-state index in [0.717, 1.165) is 11.1 Å². The van der Waals surface area contributed by atoms with E-state index in [2.05, 4.69) is 15.5 Å². The molecule has 9 nitrogen and oxygen atoms in total. The van der Waals surface area contributed by atoms with Crippen LogP contribution in [-0.4, -0.2) is 47.0 Å². The number of ketones is 1. The Morgan fingerprint density at radius 1 is 1.25 bits per heavy atom. The monoisotopic (exact) mass is 459 g/mol. The summed E-state index contributed by atoms with van der Waals surface area (Å²) in [6.45, 7) is 6.58. The molecule has 1 atom stereocenters. The van der Waals surface area contributed by atoms with E-state index in [1.807, 2.05) is 32.9 Å². The quantitative estimate of drug-likeness (QED) is 0.680. The predicted molar refractivity (Wildman–Crippen MR) is 119 cm³/mol. The fraction of sp³-hybridized carbons (Fsp3) is 0.455. The maximum absolute atomic E-state index is 12.5. The normalized spacial score (nSPS) is 20.2. The fourth-order valence-corrected chi connectivity index (χ4v) is 4.11. The van der Waals surface area contributed by atoms with Crippen molar-refractivity contribution in [2.75, 3.05) is 25.5 Å². The molecule has 3 heterocycles. The third-order valence-electron chi connectivity index (χ3n) is 5.32. The van der Waals surface area contributed by atoms with Gasteiger partial charge in [-0.1, -0.05) is 0 Å². The van der Waals surface area contributed by atoms with E-state index < -0.39 is 11.5 Å². The van der Waals surface area contributed by atoms with Crippen LogP contribution in [-0.2, 0) is 22.5 Å². The molecule has 1 N–H and O–H groups in total. The van der Waals surface area contributed by atoms with Gasteiger partial charge in [-0.15, -0.1) is 0 Å². The Bertz CT molecular complexity index is 1040. The van der Waals surface area contributed by atoms with Crippen molar-refractivity contribution in [2.24, 2.45) is 16.1 Å². The van der Waals surface area contributed by atoms with Gasteiger partial charge >= 0.3 is 6.09 Å². The van der Waals surface area contributed by atoms with E-state index in [0.29, 0.717) is 42.3 Å². The summed E-state index contributed by atoms with van der Waals surface area (Å²) < 4.78 is 12.4. The first kappa shape index (κ1) is 22.1. The number of fused-ring (bicyclic) bond motifs is 2. The zero-order chi connectivity index (χ0) is 23.0. The Morgan fingerprint density at radius 2 is 2.03 bits per heavy atom. The van der Waals surface area contributed by atoms with E-state index in [4.69, 9.17) is 21.3 Å². The summed E-state index contributed by atoms with van der Waals surface area (Å²) in [5.74, 6) is -0.0107. The minimum Gasteiger partial charge on any atom is -0.495 e. The summed E-state index contributed by atoms with van der Waals surface area (Å²) in [6.07, 6.45) is 3.57. The molecule has 3 aliphatic heterocycles. The maximum atomic E-state index is 12.5. The van der Waals surface area contributed by atoms with Crippen LogP contribution in [0.2, 0.25) is 0 Å². The van der Waals surface area contributed by atoms with Crippen LogP contribution in [0.1, 0.15) is 31.9 Å². The fourth-order valence-electron chi connectivity index (χ4n) is 3.90. The minimum absolute atomic E-state index is 0.0329. The van der Waals surface area contributed by atoms with Gasteiger partial charge < -0.3 is 19.7 Å². The molecule has 0 fully saturated rings. The van der Waals surface area contributed by atoms with Gasteiger partial charge in [-0.2, -0.15) is 10.2 Å². The number of ether oxygens (including phenoxy) is 2. The average Bonchev–Trinajstić information content (AvgIpc) is 2.71. The van der Waals surface area contributed by atoms with Gasteiger partial charge in [-0.05, 0) is 50.5 Å². The molecule has 170 valence electrons. The predicted octanol–water partition coefficient (Wildman–Crippen LogP) is 4.20. The number of hydrogen-bond donors (Lipinski definition) is 1. The number of anilines is 1. The summed E-state index contributed by atoms with van der Waals surface area (Å²) in [6, 6.07) is 3.90. The average molecular weight is 460 g/mol. The number of hydrogen-bond acceptors (Lipinski definition) is 8. The van der Waals surface area contributed by atoms with Crippen molar-refractivity contribution in [1.29, 1.82) is 0 Å². The third kappa shape index (κ3) is 4.57. The topological polar surface area (TPSA) is 95.8 Å². The standard InChI is InChI=1S/C22H26ClN5O4/c1-22(2,3)32-21(30)27-6-5-13-7-15(19(31-4)8-14(13)10-27)25-16-11-28(23)12-17-20(16)18(29)9-24-26-17/h7-8,11-12,20,25H,5-6,9-10H2,1-4H3. The first-order valence-corrected chi connectivity index (χ1v) is 10.7. The van der Waals surface area contributed by atoms with Gasteiger partial charge in [-0.3, -0.25) is 9.21 Å². The number of Topliss-reactive ketones (excluding diaryl/α,β-unsaturated/α-hetero) is 1. The van der Waals surface area contributed by atoms with Gasteiger partial charge in [0.25, 0.3) is 0 Å². The van der Waals surface area contributed by atoms with Crippen molar-refractivity contribution in [3.05, 3.63) is 47.1 Å². The van der Waals surface area contributed by atoms with Gasteiger partial charge in [0.1, 0.15) is 23.8 Å². The Hall–Kier alpha value is -3.07. The van der Waals surface area contributed by atoms with Gasteiger partial charge in [0.15, 0.2) is 5.78 Å². The highest BCUT2D eigenvalue weighted by molar-refractivity contribution is 6.15. The molecule has 0 aromatic heterocycles. The van der Waals surface area contributed by atoms with Crippen LogP contribution in [0.3, 0.4) is 0 Å². The molecule has 0 saturated carbocycles. The molecule has 0 saturated heterocycles. The molecule has 1 aromatic rings. The zero-order valence-electron chi connectivity index (χ0n) is 18.5. The molecule has 0 spiro atoms. The molecule has 0 aliphatic carbocycles. The van der Waals surface area contributed by atoms with Crippen LogP contribution in [0.15, 0.2) is 46.2 Å². The van der Waals surface area contributed by atoms with Crippen molar-refractivity contribution in [3.8, 4) is 5.75 Å². The largest absolute Gasteiger partial charge is 0.495 e. The number of methoxy groups -OCH3 is 1. The molecular formula is C22H26ClN5O4. The van der Waals surface area contributed by atoms with E-state index >= 15 is 0 Å². The van der Waals surface area contributed by atoms with E-state index in [1.54, 1.807) is 24.4 Å². The van der Waals surface area contributed by atoms with Crippen molar-refractivity contribution < 1.29 is 19.1 Å².